The Kier molecular flexibility index (Phi) is 6.16. The third-order valence-electron chi connectivity index (χ3n) is 4.36. The summed E-state index contributed by atoms with van der Waals surface area (Å²) in [6.07, 6.45) is 0.978. The van der Waals surface area contributed by atoms with E-state index in [1.54, 1.807) is 0 Å². The second kappa shape index (κ2) is 8.62. The molecule has 0 aliphatic heterocycles. The number of aromatic nitrogens is 2. The summed E-state index contributed by atoms with van der Waals surface area (Å²) in [6.45, 7) is 3.34. The average Bonchev–Trinajstić information content (AvgIpc) is 3.16. The Morgan fingerprint density at radius 1 is 1.17 bits per heavy atom. The fourth-order valence-electron chi connectivity index (χ4n) is 2.85. The monoisotopic (exact) mass is 432 g/mol. The summed E-state index contributed by atoms with van der Waals surface area (Å²) in [6, 6.07) is 11.3. The molecule has 0 radical (unpaired) electrons. The summed E-state index contributed by atoms with van der Waals surface area (Å²) >= 11 is 0. The molecule has 0 aliphatic carbocycles. The SMILES string of the molecule is Cc1ccc(-c2noc(CNC(=O)[C@@H](C)N(c3ccc(F)cc3)S(C)(=O)=O)n2)cc1. The summed E-state index contributed by atoms with van der Waals surface area (Å²) in [5.74, 6) is -0.514. The van der Waals surface area contributed by atoms with Crippen LogP contribution >= 0.6 is 0 Å². The van der Waals surface area contributed by atoms with Crippen LogP contribution < -0.4 is 9.62 Å². The van der Waals surface area contributed by atoms with Crippen molar-refractivity contribution >= 4 is 21.6 Å². The number of benzene rings is 2. The third-order valence-corrected chi connectivity index (χ3v) is 5.60. The molecule has 10 heteroatoms. The van der Waals surface area contributed by atoms with Crippen LogP contribution in [0.1, 0.15) is 18.4 Å². The van der Waals surface area contributed by atoms with Crippen molar-refractivity contribution in [2.24, 2.45) is 0 Å². The molecule has 0 saturated heterocycles. The van der Waals surface area contributed by atoms with Crippen LogP contribution in [0.5, 0.6) is 0 Å². The van der Waals surface area contributed by atoms with E-state index < -0.39 is 27.8 Å². The van der Waals surface area contributed by atoms with Gasteiger partial charge in [-0.25, -0.2) is 12.8 Å². The molecule has 0 bridgehead atoms. The van der Waals surface area contributed by atoms with Gasteiger partial charge in [0.25, 0.3) is 0 Å². The number of sulfonamides is 1. The third kappa shape index (κ3) is 5.01. The first-order valence-corrected chi connectivity index (χ1v) is 10.9. The molecule has 0 spiro atoms. The molecule has 1 N–H and O–H groups in total. The number of aryl methyl sites for hydroxylation is 1. The van der Waals surface area contributed by atoms with Crippen molar-refractivity contribution in [3.05, 3.63) is 65.8 Å². The van der Waals surface area contributed by atoms with Gasteiger partial charge in [-0.05, 0) is 38.1 Å². The van der Waals surface area contributed by atoms with Gasteiger partial charge in [0, 0.05) is 5.56 Å². The second-order valence-electron chi connectivity index (χ2n) is 6.81. The van der Waals surface area contributed by atoms with Crippen molar-refractivity contribution in [1.29, 1.82) is 0 Å². The molecule has 1 atom stereocenters. The van der Waals surface area contributed by atoms with Gasteiger partial charge in [-0.1, -0.05) is 35.0 Å². The quantitative estimate of drug-likeness (QED) is 0.615. The molecule has 8 nitrogen and oxygen atoms in total. The molecule has 158 valence electrons. The number of hydrogen-bond acceptors (Lipinski definition) is 6. The van der Waals surface area contributed by atoms with E-state index in [-0.39, 0.29) is 18.1 Å². The molecule has 1 heterocycles. The fourth-order valence-corrected chi connectivity index (χ4v) is 4.03. The number of carbonyl (C=O) groups excluding carboxylic acids is 1. The molecule has 3 rings (SSSR count). The van der Waals surface area contributed by atoms with E-state index >= 15 is 0 Å². The van der Waals surface area contributed by atoms with Gasteiger partial charge in [0.2, 0.25) is 27.6 Å². The Balaban J connectivity index is 1.70. The number of halogens is 1. The van der Waals surface area contributed by atoms with Gasteiger partial charge in [-0.3, -0.25) is 9.10 Å². The topological polar surface area (TPSA) is 105 Å². The van der Waals surface area contributed by atoms with E-state index in [1.165, 1.54) is 19.1 Å². The van der Waals surface area contributed by atoms with Crippen molar-refractivity contribution in [2.75, 3.05) is 10.6 Å². The maximum Gasteiger partial charge on any atom is 0.246 e. The zero-order valence-corrected chi connectivity index (χ0v) is 17.5. The molecule has 0 unspecified atom stereocenters. The maximum absolute atomic E-state index is 13.2. The minimum atomic E-state index is -3.79. The van der Waals surface area contributed by atoms with Crippen LogP contribution in [-0.4, -0.2) is 36.8 Å². The van der Waals surface area contributed by atoms with E-state index in [4.69, 9.17) is 4.52 Å². The van der Waals surface area contributed by atoms with E-state index in [1.807, 2.05) is 31.2 Å². The van der Waals surface area contributed by atoms with Gasteiger partial charge < -0.3 is 9.84 Å². The van der Waals surface area contributed by atoms with E-state index in [0.29, 0.717) is 5.82 Å². The number of nitrogens with zero attached hydrogens (tertiary/aromatic N) is 3. The van der Waals surface area contributed by atoms with E-state index in [0.717, 1.165) is 33.8 Å². The van der Waals surface area contributed by atoms with Gasteiger partial charge in [0.15, 0.2) is 0 Å². The summed E-state index contributed by atoms with van der Waals surface area (Å²) in [4.78, 5) is 16.8. The summed E-state index contributed by atoms with van der Waals surface area (Å²) < 4.78 is 43.7. The zero-order chi connectivity index (χ0) is 21.9. The van der Waals surface area contributed by atoms with Gasteiger partial charge in [-0.15, -0.1) is 0 Å². The van der Waals surface area contributed by atoms with Crippen LogP contribution in [0.4, 0.5) is 10.1 Å². The van der Waals surface area contributed by atoms with Gasteiger partial charge in [0.05, 0.1) is 18.5 Å². The van der Waals surface area contributed by atoms with Gasteiger partial charge >= 0.3 is 0 Å². The Labute approximate surface area is 173 Å². The highest BCUT2D eigenvalue weighted by atomic mass is 32.2. The van der Waals surface area contributed by atoms with E-state index in [2.05, 4.69) is 15.5 Å². The molecular weight excluding hydrogens is 411 g/mol. The molecule has 30 heavy (non-hydrogen) atoms. The maximum atomic E-state index is 13.2. The summed E-state index contributed by atoms with van der Waals surface area (Å²) in [5, 5.41) is 6.48. The van der Waals surface area contributed by atoms with Crippen LogP contribution in [0.3, 0.4) is 0 Å². The average molecular weight is 432 g/mol. The largest absolute Gasteiger partial charge is 0.345 e. The Hall–Kier alpha value is -3.27. The number of hydrogen-bond donors (Lipinski definition) is 1. The van der Waals surface area contributed by atoms with Crippen LogP contribution in [0, 0.1) is 12.7 Å². The van der Waals surface area contributed by atoms with Gasteiger partial charge in [0.1, 0.15) is 11.9 Å². The summed E-state index contributed by atoms with van der Waals surface area (Å²) in [5.41, 5.74) is 2.05. The van der Waals surface area contributed by atoms with Gasteiger partial charge in [-0.2, -0.15) is 4.98 Å². The second-order valence-corrected chi connectivity index (χ2v) is 8.67. The Bertz CT molecular complexity index is 1130. The molecule has 0 saturated carbocycles. The van der Waals surface area contributed by atoms with Crippen LogP contribution in [0.25, 0.3) is 11.4 Å². The molecule has 2 aromatic carbocycles. The first kappa shape index (κ1) is 21.4. The van der Waals surface area contributed by atoms with Crippen molar-refractivity contribution < 1.29 is 22.1 Å². The highest BCUT2D eigenvalue weighted by molar-refractivity contribution is 7.92. The molecule has 0 aliphatic rings. The number of anilines is 1. The Morgan fingerprint density at radius 3 is 2.40 bits per heavy atom. The standard InChI is InChI=1S/C20H21FN4O4S/c1-13-4-6-15(7-5-13)19-23-18(29-24-19)12-22-20(26)14(2)25(30(3,27)28)17-10-8-16(21)9-11-17/h4-11,14H,12H2,1-3H3,(H,22,26)/t14-/m1/s1. The predicted octanol–water partition coefficient (Wildman–Crippen LogP) is 2.66. The van der Waals surface area contributed by atoms with Crippen LogP contribution in [0.2, 0.25) is 0 Å². The lowest BCUT2D eigenvalue weighted by atomic mass is 10.1. The van der Waals surface area contributed by atoms with Crippen LogP contribution in [-0.2, 0) is 21.4 Å². The van der Waals surface area contributed by atoms with Crippen molar-refractivity contribution in [2.45, 2.75) is 26.4 Å². The number of nitrogens with one attached hydrogen (secondary N) is 1. The van der Waals surface area contributed by atoms with Crippen molar-refractivity contribution in [3.63, 3.8) is 0 Å². The lowest BCUT2D eigenvalue weighted by Gasteiger charge is -2.28. The lowest BCUT2D eigenvalue weighted by Crippen LogP contribution is -2.47. The molecule has 1 amide bonds. The fraction of sp³-hybridized carbons (Fsp3) is 0.250. The molecule has 0 fully saturated rings. The lowest BCUT2D eigenvalue weighted by molar-refractivity contribution is -0.122. The zero-order valence-electron chi connectivity index (χ0n) is 16.7. The normalized spacial score (nSPS) is 12.4. The minimum absolute atomic E-state index is 0.0664. The number of carbonyl (C=O) groups is 1. The van der Waals surface area contributed by atoms with Crippen molar-refractivity contribution in [3.8, 4) is 11.4 Å². The van der Waals surface area contributed by atoms with Crippen molar-refractivity contribution in [1.82, 2.24) is 15.5 Å². The Morgan fingerprint density at radius 2 is 1.80 bits per heavy atom. The minimum Gasteiger partial charge on any atom is -0.345 e. The van der Waals surface area contributed by atoms with E-state index in [9.17, 15) is 17.6 Å². The number of rotatable bonds is 7. The number of amides is 1. The smallest absolute Gasteiger partial charge is 0.246 e. The highest BCUT2D eigenvalue weighted by Crippen LogP contribution is 2.21. The highest BCUT2D eigenvalue weighted by Gasteiger charge is 2.29. The molecule has 3 aromatic rings. The first-order chi connectivity index (χ1) is 14.1. The predicted molar refractivity (Wildman–Crippen MR) is 110 cm³/mol. The first-order valence-electron chi connectivity index (χ1n) is 9.07. The molecule has 1 aromatic heterocycles. The van der Waals surface area contributed by atoms with Crippen LogP contribution in [0.15, 0.2) is 53.1 Å². The summed E-state index contributed by atoms with van der Waals surface area (Å²) in [7, 11) is -3.79. The molecular formula is C20H21FN4O4S.